The number of esters is 1. The molecule has 2 aromatic carbocycles. The fourth-order valence-corrected chi connectivity index (χ4v) is 3.54. The van der Waals surface area contributed by atoms with E-state index in [0.29, 0.717) is 28.8 Å². The van der Waals surface area contributed by atoms with Crippen LogP contribution in [0.25, 0.3) is 0 Å². The molecule has 3 rings (SSSR count). The molecule has 1 fully saturated rings. The molecule has 0 spiro atoms. The molecule has 0 unspecified atom stereocenters. The molecule has 0 saturated carbocycles. The van der Waals surface area contributed by atoms with E-state index in [4.69, 9.17) is 32.7 Å². The highest BCUT2D eigenvalue weighted by Crippen LogP contribution is 2.33. The van der Waals surface area contributed by atoms with Crippen molar-refractivity contribution in [2.24, 2.45) is 5.92 Å². The van der Waals surface area contributed by atoms with Crippen molar-refractivity contribution in [1.82, 2.24) is 0 Å². The second kappa shape index (κ2) is 9.82. The van der Waals surface area contributed by atoms with Crippen LogP contribution in [0.5, 0.6) is 5.75 Å². The van der Waals surface area contributed by atoms with Crippen LogP contribution in [-0.4, -0.2) is 37.5 Å². The summed E-state index contributed by atoms with van der Waals surface area (Å²) in [6.07, 6.45) is 0.00389. The van der Waals surface area contributed by atoms with E-state index >= 15 is 0 Å². The zero-order chi connectivity index (χ0) is 21.7. The number of benzene rings is 2. The molecule has 30 heavy (non-hydrogen) atoms. The molecule has 1 aliphatic rings. The van der Waals surface area contributed by atoms with Crippen LogP contribution < -0.4 is 15.0 Å². The van der Waals surface area contributed by atoms with E-state index in [-0.39, 0.29) is 23.9 Å². The number of amides is 2. The van der Waals surface area contributed by atoms with Gasteiger partial charge in [0.05, 0.1) is 28.9 Å². The van der Waals surface area contributed by atoms with Crippen molar-refractivity contribution in [3.05, 3.63) is 52.5 Å². The first-order chi connectivity index (χ1) is 14.4. The molecule has 1 saturated heterocycles. The standard InChI is InChI=1S/C21H20Cl2N2O5/c1-2-29-18-6-4-3-5-17(18)25-11-13(9-20(25)27)21(28)30-12-19(26)24-16-8-7-14(22)10-15(16)23/h3-8,10,13H,2,9,11-12H2,1H3,(H,24,26)/t13-/m1/s1. The summed E-state index contributed by atoms with van der Waals surface area (Å²) in [4.78, 5) is 38.4. The highest BCUT2D eigenvalue weighted by molar-refractivity contribution is 6.36. The topological polar surface area (TPSA) is 84.9 Å². The largest absolute Gasteiger partial charge is 0.492 e. The molecule has 158 valence electrons. The van der Waals surface area contributed by atoms with E-state index in [1.54, 1.807) is 30.3 Å². The summed E-state index contributed by atoms with van der Waals surface area (Å²) < 4.78 is 10.7. The van der Waals surface area contributed by atoms with Crippen molar-refractivity contribution in [3.8, 4) is 5.75 Å². The highest BCUT2D eigenvalue weighted by Gasteiger charge is 2.37. The molecule has 0 radical (unpaired) electrons. The fraction of sp³-hybridized carbons (Fsp3) is 0.286. The van der Waals surface area contributed by atoms with Gasteiger partial charge in [0.1, 0.15) is 5.75 Å². The van der Waals surface area contributed by atoms with Crippen molar-refractivity contribution < 1.29 is 23.9 Å². The lowest BCUT2D eigenvalue weighted by atomic mass is 10.1. The number of ether oxygens (including phenoxy) is 2. The number of nitrogens with zero attached hydrogens (tertiary/aromatic N) is 1. The number of carbonyl (C=O) groups excluding carboxylic acids is 3. The zero-order valence-electron chi connectivity index (χ0n) is 16.2. The number of rotatable bonds is 7. The molecular weight excluding hydrogens is 431 g/mol. The quantitative estimate of drug-likeness (QED) is 0.645. The summed E-state index contributed by atoms with van der Waals surface area (Å²) in [6, 6.07) is 11.8. The minimum Gasteiger partial charge on any atom is -0.492 e. The van der Waals surface area contributed by atoms with Gasteiger partial charge in [-0.2, -0.15) is 0 Å². The number of halogens is 2. The van der Waals surface area contributed by atoms with Crippen LogP contribution in [0, 0.1) is 5.92 Å². The number of para-hydroxylation sites is 2. The molecule has 1 heterocycles. The monoisotopic (exact) mass is 450 g/mol. The molecular formula is C21H20Cl2N2O5. The first-order valence-electron chi connectivity index (χ1n) is 9.32. The first kappa shape index (κ1) is 21.9. The third-order valence-corrected chi connectivity index (χ3v) is 5.01. The third-order valence-electron chi connectivity index (χ3n) is 4.47. The van der Waals surface area contributed by atoms with E-state index in [9.17, 15) is 14.4 Å². The van der Waals surface area contributed by atoms with Crippen molar-refractivity contribution in [1.29, 1.82) is 0 Å². The van der Waals surface area contributed by atoms with Crippen LogP contribution in [-0.2, 0) is 19.1 Å². The Morgan fingerprint density at radius 1 is 1.20 bits per heavy atom. The fourth-order valence-electron chi connectivity index (χ4n) is 3.09. The van der Waals surface area contributed by atoms with Gasteiger partial charge in [-0.3, -0.25) is 14.4 Å². The molecule has 0 aliphatic carbocycles. The molecule has 1 atom stereocenters. The van der Waals surface area contributed by atoms with Crippen molar-refractivity contribution in [3.63, 3.8) is 0 Å². The van der Waals surface area contributed by atoms with Crippen LogP contribution in [0.1, 0.15) is 13.3 Å². The lowest BCUT2D eigenvalue weighted by molar-refractivity contribution is -0.151. The number of nitrogens with one attached hydrogen (secondary N) is 1. The van der Waals surface area contributed by atoms with Gasteiger partial charge < -0.3 is 19.7 Å². The minimum atomic E-state index is -0.667. The van der Waals surface area contributed by atoms with E-state index in [1.807, 2.05) is 13.0 Å². The predicted molar refractivity (Wildman–Crippen MR) is 114 cm³/mol. The van der Waals surface area contributed by atoms with Gasteiger partial charge in [0.2, 0.25) is 5.91 Å². The van der Waals surface area contributed by atoms with Crippen LogP contribution in [0.15, 0.2) is 42.5 Å². The Kier molecular flexibility index (Phi) is 7.18. The second-order valence-electron chi connectivity index (χ2n) is 6.59. The lowest BCUT2D eigenvalue weighted by Gasteiger charge is -2.20. The molecule has 2 aromatic rings. The zero-order valence-corrected chi connectivity index (χ0v) is 17.7. The van der Waals surface area contributed by atoms with Gasteiger partial charge in [-0.05, 0) is 37.3 Å². The van der Waals surface area contributed by atoms with Crippen molar-refractivity contribution in [2.75, 3.05) is 30.0 Å². The van der Waals surface area contributed by atoms with Gasteiger partial charge >= 0.3 is 5.97 Å². The van der Waals surface area contributed by atoms with E-state index in [2.05, 4.69) is 5.32 Å². The Morgan fingerprint density at radius 2 is 1.97 bits per heavy atom. The van der Waals surface area contributed by atoms with Gasteiger partial charge in [-0.1, -0.05) is 35.3 Å². The van der Waals surface area contributed by atoms with Gasteiger partial charge in [-0.25, -0.2) is 0 Å². The summed E-state index contributed by atoms with van der Waals surface area (Å²) in [5, 5.41) is 3.25. The Bertz CT molecular complexity index is 966. The lowest BCUT2D eigenvalue weighted by Crippen LogP contribution is -2.28. The summed E-state index contributed by atoms with van der Waals surface area (Å²) >= 11 is 11.8. The number of anilines is 2. The van der Waals surface area contributed by atoms with Gasteiger partial charge in [0, 0.05) is 18.0 Å². The molecule has 7 nitrogen and oxygen atoms in total. The Labute approximate surface area is 183 Å². The van der Waals surface area contributed by atoms with E-state index in [1.165, 1.54) is 11.0 Å². The smallest absolute Gasteiger partial charge is 0.311 e. The predicted octanol–water partition coefficient (Wildman–Crippen LogP) is 3.93. The van der Waals surface area contributed by atoms with Crippen LogP contribution >= 0.6 is 23.2 Å². The van der Waals surface area contributed by atoms with Gasteiger partial charge in [0.25, 0.3) is 5.91 Å². The summed E-state index contributed by atoms with van der Waals surface area (Å²) in [7, 11) is 0. The van der Waals surface area contributed by atoms with Crippen LogP contribution in [0.2, 0.25) is 10.0 Å². The molecule has 1 aliphatic heterocycles. The number of carbonyl (C=O) groups is 3. The maximum atomic E-state index is 12.4. The summed E-state index contributed by atoms with van der Waals surface area (Å²) in [5.74, 6) is -1.46. The normalized spacial score (nSPS) is 15.8. The molecule has 0 bridgehead atoms. The Hall–Kier alpha value is -2.77. The summed E-state index contributed by atoms with van der Waals surface area (Å²) in [5.41, 5.74) is 0.964. The van der Waals surface area contributed by atoms with Crippen LogP contribution in [0.4, 0.5) is 11.4 Å². The van der Waals surface area contributed by atoms with Crippen molar-refractivity contribution >= 4 is 52.4 Å². The average molecular weight is 451 g/mol. The second-order valence-corrected chi connectivity index (χ2v) is 7.43. The van der Waals surface area contributed by atoms with E-state index < -0.39 is 24.4 Å². The number of hydrogen-bond acceptors (Lipinski definition) is 5. The van der Waals surface area contributed by atoms with E-state index in [0.717, 1.165) is 0 Å². The molecule has 1 N–H and O–H groups in total. The maximum absolute atomic E-state index is 12.4. The summed E-state index contributed by atoms with van der Waals surface area (Å²) in [6.45, 7) is 1.98. The number of hydrogen-bond donors (Lipinski definition) is 1. The Morgan fingerprint density at radius 3 is 2.70 bits per heavy atom. The van der Waals surface area contributed by atoms with Gasteiger partial charge in [-0.15, -0.1) is 0 Å². The SMILES string of the molecule is CCOc1ccccc1N1C[C@H](C(=O)OCC(=O)Nc2ccc(Cl)cc2Cl)CC1=O. The minimum absolute atomic E-state index is 0.00389. The van der Waals surface area contributed by atoms with Crippen molar-refractivity contribution in [2.45, 2.75) is 13.3 Å². The molecule has 2 amide bonds. The molecule has 9 heteroatoms. The average Bonchev–Trinajstić information content (AvgIpc) is 3.10. The third kappa shape index (κ3) is 5.23. The first-order valence-corrected chi connectivity index (χ1v) is 10.1. The highest BCUT2D eigenvalue weighted by atomic mass is 35.5. The van der Waals surface area contributed by atoms with Gasteiger partial charge in [0.15, 0.2) is 6.61 Å². The molecule has 0 aromatic heterocycles. The maximum Gasteiger partial charge on any atom is 0.311 e. The van der Waals surface area contributed by atoms with Crippen LogP contribution in [0.3, 0.4) is 0 Å². The Balaban J connectivity index is 1.56.